The Balaban J connectivity index is 1.76. The van der Waals surface area contributed by atoms with Gasteiger partial charge in [-0.15, -0.1) is 0 Å². The molecule has 148 valence electrons. The molecular formula is C20H14F2N2O4S. The standard InChI is InChI=1S/C20H14F2N2O4S/c21-20(22)28-15-9-7-14(8-10-15)23-19(25)13-6-11-18(17(12-13)24(26)27)29-16-4-2-1-3-5-16/h1-12,20H,(H,23,25). The Bertz CT molecular complexity index is 1010. The summed E-state index contributed by atoms with van der Waals surface area (Å²) in [6.07, 6.45) is 0. The molecule has 9 heteroatoms. The topological polar surface area (TPSA) is 81.5 Å². The van der Waals surface area contributed by atoms with Gasteiger partial charge in [0.05, 0.1) is 9.82 Å². The smallest absolute Gasteiger partial charge is 0.387 e. The Labute approximate surface area is 168 Å². The summed E-state index contributed by atoms with van der Waals surface area (Å²) in [7, 11) is 0. The summed E-state index contributed by atoms with van der Waals surface area (Å²) in [4.78, 5) is 24.6. The average molecular weight is 416 g/mol. The summed E-state index contributed by atoms with van der Waals surface area (Å²) < 4.78 is 28.6. The summed E-state index contributed by atoms with van der Waals surface area (Å²) >= 11 is 1.22. The Morgan fingerprint density at radius 2 is 1.72 bits per heavy atom. The third-order valence-electron chi connectivity index (χ3n) is 3.73. The second-order valence-corrected chi connectivity index (χ2v) is 6.83. The Morgan fingerprint density at radius 3 is 2.34 bits per heavy atom. The van der Waals surface area contributed by atoms with E-state index in [-0.39, 0.29) is 17.0 Å². The van der Waals surface area contributed by atoms with Crippen LogP contribution in [0, 0.1) is 10.1 Å². The molecule has 1 N–H and O–H groups in total. The molecule has 0 spiro atoms. The molecule has 0 atom stereocenters. The number of rotatable bonds is 7. The fourth-order valence-corrected chi connectivity index (χ4v) is 3.35. The average Bonchev–Trinajstić information content (AvgIpc) is 2.70. The number of halogens is 2. The van der Waals surface area contributed by atoms with Gasteiger partial charge in [0.1, 0.15) is 5.75 Å². The Morgan fingerprint density at radius 1 is 1.03 bits per heavy atom. The minimum absolute atomic E-state index is 0.0454. The fraction of sp³-hybridized carbons (Fsp3) is 0.0500. The lowest BCUT2D eigenvalue weighted by molar-refractivity contribution is -0.387. The lowest BCUT2D eigenvalue weighted by atomic mass is 10.2. The third-order valence-corrected chi connectivity index (χ3v) is 4.80. The van der Waals surface area contributed by atoms with Crippen LogP contribution in [0.1, 0.15) is 10.4 Å². The number of ether oxygens (including phenoxy) is 1. The van der Waals surface area contributed by atoms with Gasteiger partial charge < -0.3 is 10.1 Å². The first-order chi connectivity index (χ1) is 13.9. The number of alkyl halides is 2. The molecule has 0 fully saturated rings. The van der Waals surface area contributed by atoms with E-state index in [4.69, 9.17) is 0 Å². The SMILES string of the molecule is O=C(Nc1ccc(OC(F)F)cc1)c1ccc(Sc2ccccc2)c([N+](=O)[O-])c1. The maximum Gasteiger partial charge on any atom is 0.387 e. The largest absolute Gasteiger partial charge is 0.435 e. The first-order valence-electron chi connectivity index (χ1n) is 8.30. The van der Waals surface area contributed by atoms with Crippen molar-refractivity contribution in [3.8, 4) is 5.75 Å². The van der Waals surface area contributed by atoms with E-state index in [1.54, 1.807) is 0 Å². The molecule has 0 aliphatic heterocycles. The highest BCUT2D eigenvalue weighted by molar-refractivity contribution is 7.99. The highest BCUT2D eigenvalue weighted by Crippen LogP contribution is 2.35. The van der Waals surface area contributed by atoms with Crippen LogP contribution in [0.4, 0.5) is 20.2 Å². The highest BCUT2D eigenvalue weighted by Gasteiger charge is 2.18. The summed E-state index contributed by atoms with van der Waals surface area (Å²) in [6, 6.07) is 18.7. The molecule has 0 bridgehead atoms. The summed E-state index contributed by atoms with van der Waals surface area (Å²) in [5, 5.41) is 14.0. The van der Waals surface area contributed by atoms with Crippen LogP contribution in [0.25, 0.3) is 0 Å². The summed E-state index contributed by atoms with van der Waals surface area (Å²) in [6.45, 7) is -2.94. The number of nitro groups is 1. The number of amides is 1. The molecule has 1 amide bonds. The van der Waals surface area contributed by atoms with E-state index in [0.29, 0.717) is 10.6 Å². The molecule has 0 heterocycles. The molecule has 3 rings (SSSR count). The maximum absolute atomic E-state index is 12.4. The predicted molar refractivity (Wildman–Crippen MR) is 105 cm³/mol. The maximum atomic E-state index is 12.4. The van der Waals surface area contributed by atoms with Gasteiger partial charge >= 0.3 is 6.61 Å². The molecule has 0 aliphatic carbocycles. The van der Waals surface area contributed by atoms with E-state index in [2.05, 4.69) is 10.1 Å². The van der Waals surface area contributed by atoms with Crippen LogP contribution in [-0.2, 0) is 0 Å². The van der Waals surface area contributed by atoms with Gasteiger partial charge in [-0.1, -0.05) is 30.0 Å². The quantitative estimate of drug-likeness (QED) is 0.401. The normalized spacial score (nSPS) is 10.6. The molecule has 29 heavy (non-hydrogen) atoms. The molecule has 0 saturated carbocycles. The van der Waals surface area contributed by atoms with Crippen LogP contribution in [0.15, 0.2) is 82.6 Å². The minimum Gasteiger partial charge on any atom is -0.435 e. The molecule has 6 nitrogen and oxygen atoms in total. The van der Waals surface area contributed by atoms with Gasteiger partial charge in [-0.2, -0.15) is 8.78 Å². The van der Waals surface area contributed by atoms with E-state index in [1.807, 2.05) is 30.3 Å². The number of nitrogens with one attached hydrogen (secondary N) is 1. The number of nitrogens with zero attached hydrogens (tertiary/aromatic N) is 1. The minimum atomic E-state index is -2.94. The van der Waals surface area contributed by atoms with Crippen molar-refractivity contribution in [2.24, 2.45) is 0 Å². The van der Waals surface area contributed by atoms with Crippen molar-refractivity contribution in [1.82, 2.24) is 0 Å². The number of hydrogen-bond donors (Lipinski definition) is 1. The van der Waals surface area contributed by atoms with Crippen LogP contribution >= 0.6 is 11.8 Å². The number of anilines is 1. The number of nitro benzene ring substituents is 1. The van der Waals surface area contributed by atoms with Crippen molar-refractivity contribution >= 4 is 29.0 Å². The highest BCUT2D eigenvalue weighted by atomic mass is 32.2. The molecule has 0 saturated heterocycles. The van der Waals surface area contributed by atoms with Gasteiger partial charge in [0.2, 0.25) is 0 Å². The second-order valence-electron chi connectivity index (χ2n) is 5.71. The van der Waals surface area contributed by atoms with E-state index in [9.17, 15) is 23.7 Å². The van der Waals surface area contributed by atoms with Crippen molar-refractivity contribution in [3.05, 3.63) is 88.5 Å². The Hall–Kier alpha value is -3.46. The van der Waals surface area contributed by atoms with Crippen molar-refractivity contribution in [2.75, 3.05) is 5.32 Å². The first kappa shape index (κ1) is 20.3. The van der Waals surface area contributed by atoms with Crippen molar-refractivity contribution in [1.29, 1.82) is 0 Å². The van der Waals surface area contributed by atoms with Gasteiger partial charge in [0.25, 0.3) is 11.6 Å². The first-order valence-corrected chi connectivity index (χ1v) is 9.11. The lowest BCUT2D eigenvalue weighted by Gasteiger charge is -2.09. The summed E-state index contributed by atoms with van der Waals surface area (Å²) in [5.41, 5.74) is 0.246. The van der Waals surface area contributed by atoms with Crippen molar-refractivity contribution in [2.45, 2.75) is 16.4 Å². The van der Waals surface area contributed by atoms with Gasteiger partial charge in [0.15, 0.2) is 0 Å². The lowest BCUT2D eigenvalue weighted by Crippen LogP contribution is -2.12. The summed E-state index contributed by atoms with van der Waals surface area (Å²) in [5.74, 6) is -0.609. The van der Waals surface area contributed by atoms with Crippen molar-refractivity contribution < 1.29 is 23.2 Å². The molecule has 0 aliphatic rings. The Kier molecular flexibility index (Phi) is 6.40. The van der Waals surface area contributed by atoms with Gasteiger partial charge in [-0.3, -0.25) is 14.9 Å². The van der Waals surface area contributed by atoms with Gasteiger partial charge in [0, 0.05) is 22.2 Å². The van der Waals surface area contributed by atoms with E-state index >= 15 is 0 Å². The zero-order valence-corrected chi connectivity index (χ0v) is 15.6. The molecule has 3 aromatic carbocycles. The zero-order chi connectivity index (χ0) is 20.8. The zero-order valence-electron chi connectivity index (χ0n) is 14.7. The number of hydrogen-bond acceptors (Lipinski definition) is 5. The molecule has 0 unspecified atom stereocenters. The van der Waals surface area contributed by atoms with Gasteiger partial charge in [-0.25, -0.2) is 0 Å². The number of carbonyl (C=O) groups excluding carboxylic acids is 1. The van der Waals surface area contributed by atoms with E-state index < -0.39 is 17.4 Å². The third kappa shape index (κ3) is 5.52. The van der Waals surface area contributed by atoms with Gasteiger partial charge in [-0.05, 0) is 48.5 Å². The monoisotopic (exact) mass is 416 g/mol. The second kappa shape index (κ2) is 9.16. The molecule has 3 aromatic rings. The van der Waals surface area contributed by atoms with E-state index in [1.165, 1.54) is 54.2 Å². The van der Waals surface area contributed by atoms with Crippen LogP contribution in [0.2, 0.25) is 0 Å². The van der Waals surface area contributed by atoms with E-state index in [0.717, 1.165) is 4.90 Å². The molecule has 0 aromatic heterocycles. The predicted octanol–water partition coefficient (Wildman–Crippen LogP) is 5.60. The van der Waals surface area contributed by atoms with Crippen LogP contribution in [0.3, 0.4) is 0 Å². The van der Waals surface area contributed by atoms with Crippen molar-refractivity contribution in [3.63, 3.8) is 0 Å². The molecular weight excluding hydrogens is 402 g/mol. The number of carbonyl (C=O) groups is 1. The van der Waals surface area contributed by atoms with Crippen LogP contribution < -0.4 is 10.1 Å². The van der Waals surface area contributed by atoms with Crippen LogP contribution in [-0.4, -0.2) is 17.4 Å². The molecule has 0 radical (unpaired) electrons. The van der Waals surface area contributed by atoms with Crippen LogP contribution in [0.5, 0.6) is 5.75 Å². The fourth-order valence-electron chi connectivity index (χ4n) is 2.43. The number of benzene rings is 3.